The second-order valence-electron chi connectivity index (χ2n) is 3.45. The van der Waals surface area contributed by atoms with E-state index in [1.807, 2.05) is 27.7 Å². The number of benzene rings is 1. The van der Waals surface area contributed by atoms with Gasteiger partial charge in [0.05, 0.1) is 12.6 Å². The van der Waals surface area contributed by atoms with Gasteiger partial charge in [0.25, 0.3) is 0 Å². The van der Waals surface area contributed by atoms with Crippen molar-refractivity contribution in [2.75, 3.05) is 0 Å². The summed E-state index contributed by atoms with van der Waals surface area (Å²) in [7, 11) is 0. The molecular formula is C12H12N2. The minimum atomic E-state index is 0.629. The molecule has 0 aliphatic heterocycles. The van der Waals surface area contributed by atoms with Crippen LogP contribution in [0, 0.1) is 45.6 Å². The molecule has 0 radical (unpaired) electrons. The molecule has 0 N–H and O–H groups in total. The van der Waals surface area contributed by atoms with Crippen molar-refractivity contribution < 1.29 is 0 Å². The summed E-state index contributed by atoms with van der Waals surface area (Å²) in [6.07, 6.45) is 0. The molecule has 1 aromatic carbocycles. The molecule has 2 nitrogen and oxygen atoms in total. The largest absolute Gasteiger partial charge is 0.238 e. The summed E-state index contributed by atoms with van der Waals surface area (Å²) in [5, 5.41) is 8.98. The standard InChI is InChI=1S/C12H12N2/c1-7-8(2)11(6-13)10(4)12(14-5)9(7)3/h1-4H3. The lowest BCUT2D eigenvalue weighted by molar-refractivity contribution is 1.22. The van der Waals surface area contributed by atoms with Crippen LogP contribution in [0.25, 0.3) is 4.85 Å². The van der Waals surface area contributed by atoms with Crippen LogP contribution in [0.3, 0.4) is 0 Å². The molecule has 2 heteroatoms. The molecule has 0 aliphatic carbocycles. The van der Waals surface area contributed by atoms with Gasteiger partial charge in [-0.15, -0.1) is 0 Å². The summed E-state index contributed by atoms with van der Waals surface area (Å²) >= 11 is 0. The Labute approximate surface area is 84.6 Å². The third kappa shape index (κ3) is 1.26. The Balaban J connectivity index is 3.78. The number of nitrogens with zero attached hydrogens (tertiary/aromatic N) is 2. The van der Waals surface area contributed by atoms with Crippen LogP contribution >= 0.6 is 0 Å². The van der Waals surface area contributed by atoms with Crippen molar-refractivity contribution in [1.29, 1.82) is 5.26 Å². The van der Waals surface area contributed by atoms with Gasteiger partial charge < -0.3 is 0 Å². The lowest BCUT2D eigenvalue weighted by atomic mass is 9.93. The maximum absolute atomic E-state index is 8.98. The summed E-state index contributed by atoms with van der Waals surface area (Å²) < 4.78 is 0. The third-order valence-corrected chi connectivity index (χ3v) is 2.81. The van der Waals surface area contributed by atoms with Gasteiger partial charge in [-0.1, -0.05) is 5.56 Å². The van der Waals surface area contributed by atoms with E-state index in [1.54, 1.807) is 0 Å². The van der Waals surface area contributed by atoms with E-state index >= 15 is 0 Å². The highest BCUT2D eigenvalue weighted by Crippen LogP contribution is 2.32. The zero-order chi connectivity index (χ0) is 10.9. The summed E-state index contributed by atoms with van der Waals surface area (Å²) in [6.45, 7) is 14.7. The molecule has 0 heterocycles. The van der Waals surface area contributed by atoms with Gasteiger partial charge in [0, 0.05) is 5.56 Å². The van der Waals surface area contributed by atoms with Crippen molar-refractivity contribution >= 4 is 5.69 Å². The average molecular weight is 184 g/mol. The molecule has 1 rings (SSSR count). The van der Waals surface area contributed by atoms with E-state index < -0.39 is 0 Å². The van der Waals surface area contributed by atoms with Gasteiger partial charge >= 0.3 is 0 Å². The first-order valence-corrected chi connectivity index (χ1v) is 4.42. The molecule has 0 saturated heterocycles. The molecule has 0 saturated carbocycles. The summed E-state index contributed by atoms with van der Waals surface area (Å²) in [5.41, 5.74) is 5.13. The molecule has 1 aromatic rings. The average Bonchev–Trinajstić information content (AvgIpc) is 2.16. The minimum absolute atomic E-state index is 0.629. The fourth-order valence-electron chi connectivity index (χ4n) is 1.66. The predicted octanol–water partition coefficient (Wildman–Crippen LogP) is 3.34. The van der Waals surface area contributed by atoms with E-state index in [0.717, 1.165) is 22.3 Å². The van der Waals surface area contributed by atoms with Crippen LogP contribution < -0.4 is 0 Å². The molecule has 0 unspecified atom stereocenters. The topological polar surface area (TPSA) is 28.1 Å². The number of nitriles is 1. The third-order valence-electron chi connectivity index (χ3n) is 2.81. The van der Waals surface area contributed by atoms with Crippen LogP contribution in [0.15, 0.2) is 0 Å². The second-order valence-corrected chi connectivity index (χ2v) is 3.45. The lowest BCUT2D eigenvalue weighted by Crippen LogP contribution is -1.95. The molecule has 0 bridgehead atoms. The first-order chi connectivity index (χ1) is 6.54. The predicted molar refractivity (Wildman–Crippen MR) is 56.4 cm³/mol. The summed E-state index contributed by atoms with van der Waals surface area (Å²) in [5.74, 6) is 0. The van der Waals surface area contributed by atoms with E-state index in [0.29, 0.717) is 11.3 Å². The zero-order valence-corrected chi connectivity index (χ0v) is 8.89. The summed E-state index contributed by atoms with van der Waals surface area (Å²) in [4.78, 5) is 3.48. The Bertz CT molecular complexity index is 430. The van der Waals surface area contributed by atoms with Crippen molar-refractivity contribution in [1.82, 2.24) is 0 Å². The molecule has 0 amide bonds. The lowest BCUT2D eigenvalue weighted by Gasteiger charge is -2.12. The fourth-order valence-corrected chi connectivity index (χ4v) is 1.66. The molecule has 14 heavy (non-hydrogen) atoms. The molecule has 0 atom stereocenters. The Morgan fingerprint density at radius 3 is 2.00 bits per heavy atom. The van der Waals surface area contributed by atoms with Crippen LogP contribution in [0.2, 0.25) is 0 Å². The Hall–Kier alpha value is -1.80. The van der Waals surface area contributed by atoms with Gasteiger partial charge in [-0.3, -0.25) is 0 Å². The zero-order valence-electron chi connectivity index (χ0n) is 8.89. The highest BCUT2D eigenvalue weighted by molar-refractivity contribution is 5.68. The number of hydrogen-bond acceptors (Lipinski definition) is 1. The highest BCUT2D eigenvalue weighted by atomic mass is 14.7. The van der Waals surface area contributed by atoms with Crippen molar-refractivity contribution in [2.24, 2.45) is 0 Å². The molecule has 0 aliphatic rings. The van der Waals surface area contributed by atoms with Crippen molar-refractivity contribution in [2.45, 2.75) is 27.7 Å². The van der Waals surface area contributed by atoms with E-state index in [4.69, 9.17) is 11.8 Å². The SMILES string of the molecule is [C-]#[N+]c1c(C)c(C)c(C)c(C#N)c1C. The van der Waals surface area contributed by atoms with E-state index in [9.17, 15) is 0 Å². The van der Waals surface area contributed by atoms with Crippen LogP contribution in [-0.4, -0.2) is 0 Å². The molecule has 0 aromatic heterocycles. The van der Waals surface area contributed by atoms with Crippen molar-refractivity contribution in [3.05, 3.63) is 39.2 Å². The molecular weight excluding hydrogens is 172 g/mol. The molecule has 70 valence electrons. The van der Waals surface area contributed by atoms with Crippen molar-refractivity contribution in [3.63, 3.8) is 0 Å². The molecule has 0 spiro atoms. The van der Waals surface area contributed by atoms with Crippen LogP contribution in [0.5, 0.6) is 0 Å². The van der Waals surface area contributed by atoms with Crippen LogP contribution in [0.1, 0.15) is 27.8 Å². The van der Waals surface area contributed by atoms with E-state index in [-0.39, 0.29) is 0 Å². The number of hydrogen-bond donors (Lipinski definition) is 0. The Morgan fingerprint density at radius 2 is 1.57 bits per heavy atom. The first kappa shape index (κ1) is 10.3. The normalized spacial score (nSPS) is 9.29. The van der Waals surface area contributed by atoms with Crippen LogP contribution in [0.4, 0.5) is 5.69 Å². The van der Waals surface area contributed by atoms with Gasteiger partial charge in [-0.2, -0.15) is 5.26 Å². The van der Waals surface area contributed by atoms with Gasteiger partial charge in [0.2, 0.25) is 0 Å². The smallest absolute Gasteiger partial charge is 0.194 e. The van der Waals surface area contributed by atoms with Gasteiger partial charge in [0.15, 0.2) is 5.69 Å². The first-order valence-electron chi connectivity index (χ1n) is 4.42. The Morgan fingerprint density at radius 1 is 1.00 bits per heavy atom. The van der Waals surface area contributed by atoms with Crippen molar-refractivity contribution in [3.8, 4) is 6.07 Å². The minimum Gasteiger partial charge on any atom is -0.238 e. The maximum atomic E-state index is 8.98. The van der Waals surface area contributed by atoms with E-state index in [1.165, 1.54) is 0 Å². The number of rotatable bonds is 0. The Kier molecular flexibility index (Phi) is 2.58. The van der Waals surface area contributed by atoms with Gasteiger partial charge in [-0.05, 0) is 44.4 Å². The highest BCUT2D eigenvalue weighted by Gasteiger charge is 2.13. The van der Waals surface area contributed by atoms with Gasteiger partial charge in [0.1, 0.15) is 0 Å². The van der Waals surface area contributed by atoms with E-state index in [2.05, 4.69) is 10.9 Å². The van der Waals surface area contributed by atoms with Crippen LogP contribution in [-0.2, 0) is 0 Å². The summed E-state index contributed by atoms with van der Waals surface area (Å²) in [6, 6.07) is 2.16. The quantitative estimate of drug-likeness (QED) is 0.568. The maximum Gasteiger partial charge on any atom is 0.194 e. The monoisotopic (exact) mass is 184 g/mol. The molecule has 0 fully saturated rings. The second kappa shape index (κ2) is 3.52. The fraction of sp³-hybridized carbons (Fsp3) is 0.333. The van der Waals surface area contributed by atoms with Gasteiger partial charge in [-0.25, -0.2) is 4.85 Å².